The van der Waals surface area contributed by atoms with E-state index in [-0.39, 0.29) is 23.0 Å². The van der Waals surface area contributed by atoms with E-state index < -0.39 is 0 Å². The van der Waals surface area contributed by atoms with Gasteiger partial charge in [0.1, 0.15) is 0 Å². The average molecular weight is 611 g/mol. The fourth-order valence-electron chi connectivity index (χ4n) is 4.74. The van der Waals surface area contributed by atoms with Gasteiger partial charge in [0.2, 0.25) is 11.9 Å². The molecule has 0 saturated heterocycles. The summed E-state index contributed by atoms with van der Waals surface area (Å²) < 4.78 is 1.33. The zero-order chi connectivity index (χ0) is 32.3. The molecule has 46 heavy (non-hydrogen) atoms. The molecule has 0 spiro atoms. The number of nitrogens with two attached hydrogens (primary N) is 2. The molecule has 0 aliphatic carbocycles. The molecule has 0 aliphatic rings. The van der Waals surface area contributed by atoms with Gasteiger partial charge in [0, 0.05) is 44.2 Å². The van der Waals surface area contributed by atoms with Crippen molar-refractivity contribution < 1.29 is 0 Å². The molecule has 0 atom stereocenters. The molecule has 2 aromatic carbocycles. The Morgan fingerprint density at radius 1 is 0.761 bits per heavy atom. The molecule has 10 nitrogen and oxygen atoms in total. The van der Waals surface area contributed by atoms with E-state index in [2.05, 4.69) is 49.2 Å². The summed E-state index contributed by atoms with van der Waals surface area (Å²) in [6.07, 6.45) is 11.4. The van der Waals surface area contributed by atoms with Gasteiger partial charge in [0.15, 0.2) is 0 Å². The first-order chi connectivity index (χ1) is 22.3. The number of H-pyrrole nitrogens is 1. The summed E-state index contributed by atoms with van der Waals surface area (Å²) in [5.74, 6) is 0.385. The number of pyridine rings is 2. The standard InChI is InChI=1S/C19H18N4O.C17H16N4O/c1-23-18(24)13-17(22-19(23)20)12-15-6-4-5-14(11-15)8-9-16-7-2-3-10-21-16;18-17-20-15(10-16(22)21-17)7-6-12-3-1-4-13(9-12)14-5-2-8-19-11-14/h2-11,13H,12H2,1H3,(H2,20,22);1-5,8-11H,6-7H2,(H3,18,20,21,22). The van der Waals surface area contributed by atoms with Crippen LogP contribution in [-0.4, -0.2) is 29.5 Å². The van der Waals surface area contributed by atoms with E-state index in [0.29, 0.717) is 24.2 Å². The van der Waals surface area contributed by atoms with Crippen molar-refractivity contribution in [1.82, 2.24) is 29.5 Å². The molecule has 0 radical (unpaired) electrons. The van der Waals surface area contributed by atoms with E-state index in [0.717, 1.165) is 34.4 Å². The van der Waals surface area contributed by atoms with Crippen molar-refractivity contribution in [2.24, 2.45) is 7.05 Å². The second-order valence-electron chi connectivity index (χ2n) is 10.6. The summed E-state index contributed by atoms with van der Waals surface area (Å²) in [5.41, 5.74) is 18.7. The molecule has 0 amide bonds. The van der Waals surface area contributed by atoms with Crippen molar-refractivity contribution in [3.05, 3.63) is 164 Å². The van der Waals surface area contributed by atoms with Crippen molar-refractivity contribution in [2.45, 2.75) is 19.3 Å². The zero-order valence-corrected chi connectivity index (χ0v) is 25.4. The van der Waals surface area contributed by atoms with Gasteiger partial charge in [-0.1, -0.05) is 66.7 Å². The molecule has 0 saturated carbocycles. The maximum Gasteiger partial charge on any atom is 0.254 e. The van der Waals surface area contributed by atoms with Gasteiger partial charge in [-0.05, 0) is 64.9 Å². The summed E-state index contributed by atoms with van der Waals surface area (Å²) in [6, 6.07) is 29.1. The first kappa shape index (κ1) is 31.3. The summed E-state index contributed by atoms with van der Waals surface area (Å²) in [5, 5.41) is 0. The largest absolute Gasteiger partial charge is 0.369 e. The second kappa shape index (κ2) is 15.0. The minimum atomic E-state index is -0.216. The number of aromatic amines is 1. The number of hydrogen-bond acceptors (Lipinski definition) is 8. The van der Waals surface area contributed by atoms with Crippen molar-refractivity contribution in [1.29, 1.82) is 0 Å². The molecule has 6 aromatic rings. The molecule has 0 unspecified atom stereocenters. The van der Waals surface area contributed by atoms with Crippen LogP contribution in [0.3, 0.4) is 0 Å². The fraction of sp³-hybridized carbons (Fsp3) is 0.111. The van der Waals surface area contributed by atoms with Crippen LogP contribution in [0.2, 0.25) is 0 Å². The number of anilines is 2. The summed E-state index contributed by atoms with van der Waals surface area (Å²) in [4.78, 5) is 42.4. The lowest BCUT2D eigenvalue weighted by molar-refractivity contribution is 0.825. The number of aryl methyl sites for hydroxylation is 2. The Morgan fingerprint density at radius 2 is 1.59 bits per heavy atom. The van der Waals surface area contributed by atoms with Gasteiger partial charge < -0.3 is 11.5 Å². The third-order valence-corrected chi connectivity index (χ3v) is 7.10. The third-order valence-electron chi connectivity index (χ3n) is 7.10. The number of nitrogens with one attached hydrogen (secondary N) is 1. The zero-order valence-electron chi connectivity index (χ0n) is 25.4. The van der Waals surface area contributed by atoms with Crippen molar-refractivity contribution in [3.63, 3.8) is 0 Å². The minimum absolute atomic E-state index is 0.149. The Hall–Kier alpha value is -6.16. The Labute approximate surface area is 266 Å². The predicted molar refractivity (Wildman–Crippen MR) is 183 cm³/mol. The predicted octanol–water partition coefficient (Wildman–Crippen LogP) is 4.72. The highest BCUT2D eigenvalue weighted by atomic mass is 16.1. The van der Waals surface area contributed by atoms with Crippen LogP contribution in [-0.2, 0) is 26.3 Å². The lowest BCUT2D eigenvalue weighted by Crippen LogP contribution is -2.21. The topological polar surface area (TPSA) is 158 Å². The number of nitrogen functional groups attached to an aromatic ring is 2. The normalized spacial score (nSPS) is 10.8. The van der Waals surface area contributed by atoms with Crippen LogP contribution in [0.25, 0.3) is 23.3 Å². The van der Waals surface area contributed by atoms with E-state index >= 15 is 0 Å². The number of benzene rings is 2. The van der Waals surface area contributed by atoms with Gasteiger partial charge in [-0.2, -0.15) is 0 Å². The van der Waals surface area contributed by atoms with Crippen LogP contribution >= 0.6 is 0 Å². The SMILES string of the molecule is Cn1c(N)nc(Cc2cccc(C=Cc3ccccn3)c2)cc1=O.Nc1nc(CCc2cccc(-c3cccnc3)c2)cc(=O)[nH]1. The number of aromatic nitrogens is 6. The van der Waals surface area contributed by atoms with Crippen molar-refractivity contribution >= 4 is 24.0 Å². The van der Waals surface area contributed by atoms with Crippen LogP contribution in [0.4, 0.5) is 11.9 Å². The molecular formula is C36H34N8O2. The van der Waals surface area contributed by atoms with Crippen LogP contribution in [0.5, 0.6) is 0 Å². The Bertz CT molecular complexity index is 2060. The Morgan fingerprint density at radius 3 is 2.35 bits per heavy atom. The lowest BCUT2D eigenvalue weighted by Gasteiger charge is -2.06. The van der Waals surface area contributed by atoms with Gasteiger partial charge in [0.05, 0.1) is 17.1 Å². The molecule has 0 aliphatic heterocycles. The molecule has 4 heterocycles. The van der Waals surface area contributed by atoms with E-state index in [9.17, 15) is 9.59 Å². The van der Waals surface area contributed by atoms with E-state index in [1.54, 1.807) is 19.4 Å². The van der Waals surface area contributed by atoms with Gasteiger partial charge in [-0.15, -0.1) is 0 Å². The quantitative estimate of drug-likeness (QED) is 0.223. The summed E-state index contributed by atoms with van der Waals surface area (Å²) >= 11 is 0. The fourth-order valence-corrected chi connectivity index (χ4v) is 4.74. The van der Waals surface area contributed by atoms with Crippen molar-refractivity contribution in [2.75, 3.05) is 11.5 Å². The third kappa shape index (κ3) is 8.93. The number of nitrogens with zero attached hydrogens (tertiary/aromatic N) is 5. The Kier molecular flexibility index (Phi) is 10.2. The van der Waals surface area contributed by atoms with Gasteiger partial charge in [-0.25, -0.2) is 9.97 Å². The average Bonchev–Trinajstić information content (AvgIpc) is 3.06. The van der Waals surface area contributed by atoms with Gasteiger partial charge in [0.25, 0.3) is 11.1 Å². The molecule has 0 bridgehead atoms. The van der Waals surface area contributed by atoms with Crippen molar-refractivity contribution in [3.8, 4) is 11.1 Å². The van der Waals surface area contributed by atoms with Crippen LogP contribution in [0.1, 0.15) is 33.8 Å². The molecule has 0 fully saturated rings. The lowest BCUT2D eigenvalue weighted by atomic mass is 10.0. The van der Waals surface area contributed by atoms with E-state index in [1.165, 1.54) is 22.3 Å². The number of rotatable bonds is 8. The first-order valence-electron chi connectivity index (χ1n) is 14.7. The van der Waals surface area contributed by atoms with E-state index in [4.69, 9.17) is 11.5 Å². The summed E-state index contributed by atoms with van der Waals surface area (Å²) in [6.45, 7) is 0. The minimum Gasteiger partial charge on any atom is -0.369 e. The monoisotopic (exact) mass is 610 g/mol. The highest BCUT2D eigenvalue weighted by Crippen LogP contribution is 2.20. The van der Waals surface area contributed by atoms with Crippen LogP contribution in [0.15, 0.2) is 119 Å². The molecule has 4 aromatic heterocycles. The highest BCUT2D eigenvalue weighted by Gasteiger charge is 2.05. The maximum absolute atomic E-state index is 11.8. The molecular weight excluding hydrogens is 576 g/mol. The Balaban J connectivity index is 0.000000182. The van der Waals surface area contributed by atoms with E-state index in [1.807, 2.05) is 72.9 Å². The van der Waals surface area contributed by atoms with Crippen LogP contribution in [0, 0.1) is 0 Å². The summed E-state index contributed by atoms with van der Waals surface area (Å²) in [7, 11) is 1.61. The molecule has 6 rings (SSSR count). The first-order valence-corrected chi connectivity index (χ1v) is 14.7. The molecule has 230 valence electrons. The number of hydrogen-bond donors (Lipinski definition) is 3. The van der Waals surface area contributed by atoms with Crippen LogP contribution < -0.4 is 22.6 Å². The van der Waals surface area contributed by atoms with Gasteiger partial charge >= 0.3 is 0 Å². The molecule has 10 heteroatoms. The maximum atomic E-state index is 11.8. The smallest absolute Gasteiger partial charge is 0.254 e. The van der Waals surface area contributed by atoms with Gasteiger partial charge in [-0.3, -0.25) is 29.1 Å². The molecule has 5 N–H and O–H groups in total. The highest BCUT2D eigenvalue weighted by molar-refractivity contribution is 5.68. The second-order valence-corrected chi connectivity index (χ2v) is 10.6.